The van der Waals surface area contributed by atoms with Crippen molar-refractivity contribution in [2.45, 2.75) is 32.4 Å². The summed E-state index contributed by atoms with van der Waals surface area (Å²) in [4.78, 5) is 18.9. The van der Waals surface area contributed by atoms with Crippen molar-refractivity contribution < 1.29 is 4.79 Å². The Balaban J connectivity index is 1.61. The van der Waals surface area contributed by atoms with Crippen LogP contribution in [0.2, 0.25) is 0 Å². The Kier molecular flexibility index (Phi) is 4.15. The van der Waals surface area contributed by atoms with Crippen molar-refractivity contribution in [3.63, 3.8) is 0 Å². The summed E-state index contributed by atoms with van der Waals surface area (Å²) < 4.78 is 0. The van der Waals surface area contributed by atoms with E-state index in [-0.39, 0.29) is 11.9 Å². The number of benzene rings is 1. The minimum Gasteiger partial charge on any atom is -0.351 e. The number of aromatic nitrogens is 1. The minimum atomic E-state index is -0.0408. The van der Waals surface area contributed by atoms with Gasteiger partial charge in [0, 0.05) is 18.1 Å². The maximum absolute atomic E-state index is 12.2. The Hall–Kier alpha value is -1.94. The number of hydrogen-bond donors (Lipinski definition) is 1. The molecule has 0 spiro atoms. The van der Waals surface area contributed by atoms with Crippen molar-refractivity contribution in [1.82, 2.24) is 15.2 Å². The van der Waals surface area contributed by atoms with Crippen LogP contribution in [0.3, 0.4) is 0 Å². The van der Waals surface area contributed by atoms with Crippen molar-refractivity contribution in [2.75, 3.05) is 13.1 Å². The SMILES string of the molecule is C[C@H](C(=O)NCc1cnc2ccccc2c1)N1CCCC1. The lowest BCUT2D eigenvalue weighted by Crippen LogP contribution is -2.43. The third-order valence-corrected chi connectivity index (χ3v) is 4.18. The highest BCUT2D eigenvalue weighted by Gasteiger charge is 2.23. The number of carbonyl (C=O) groups is 1. The summed E-state index contributed by atoms with van der Waals surface area (Å²) in [7, 11) is 0. The number of para-hydroxylation sites is 1. The van der Waals surface area contributed by atoms with Crippen molar-refractivity contribution in [2.24, 2.45) is 0 Å². The topological polar surface area (TPSA) is 45.2 Å². The van der Waals surface area contributed by atoms with Crippen LogP contribution in [0.5, 0.6) is 0 Å². The zero-order valence-corrected chi connectivity index (χ0v) is 12.4. The van der Waals surface area contributed by atoms with Gasteiger partial charge >= 0.3 is 0 Å². The number of fused-ring (bicyclic) bond motifs is 1. The largest absolute Gasteiger partial charge is 0.351 e. The molecular weight excluding hydrogens is 262 g/mol. The number of likely N-dealkylation sites (tertiary alicyclic amines) is 1. The quantitative estimate of drug-likeness (QED) is 0.936. The average Bonchev–Trinajstić information content (AvgIpc) is 3.06. The van der Waals surface area contributed by atoms with Gasteiger partial charge in [-0.15, -0.1) is 0 Å². The van der Waals surface area contributed by atoms with Crippen LogP contribution >= 0.6 is 0 Å². The lowest BCUT2D eigenvalue weighted by Gasteiger charge is -2.22. The second-order valence-corrected chi connectivity index (χ2v) is 5.67. The monoisotopic (exact) mass is 283 g/mol. The molecule has 1 atom stereocenters. The van der Waals surface area contributed by atoms with E-state index in [4.69, 9.17) is 0 Å². The highest BCUT2D eigenvalue weighted by atomic mass is 16.2. The molecule has 1 N–H and O–H groups in total. The maximum atomic E-state index is 12.2. The molecule has 0 saturated carbocycles. The first-order chi connectivity index (χ1) is 10.2. The van der Waals surface area contributed by atoms with E-state index < -0.39 is 0 Å². The Morgan fingerprint density at radius 1 is 1.33 bits per heavy atom. The lowest BCUT2D eigenvalue weighted by molar-refractivity contribution is -0.125. The van der Waals surface area contributed by atoms with Crippen LogP contribution in [-0.2, 0) is 11.3 Å². The Morgan fingerprint density at radius 3 is 2.90 bits per heavy atom. The van der Waals surface area contributed by atoms with Crippen LogP contribution in [0, 0.1) is 0 Å². The van der Waals surface area contributed by atoms with Crippen LogP contribution in [0.4, 0.5) is 0 Å². The van der Waals surface area contributed by atoms with Crippen LogP contribution in [-0.4, -0.2) is 34.9 Å². The minimum absolute atomic E-state index is 0.0408. The van der Waals surface area contributed by atoms with Gasteiger partial charge in [-0.05, 0) is 50.6 Å². The van der Waals surface area contributed by atoms with E-state index in [1.54, 1.807) is 0 Å². The fourth-order valence-electron chi connectivity index (χ4n) is 2.84. The lowest BCUT2D eigenvalue weighted by atomic mass is 10.1. The number of hydrogen-bond acceptors (Lipinski definition) is 3. The predicted octanol–water partition coefficient (Wildman–Crippen LogP) is 2.34. The summed E-state index contributed by atoms with van der Waals surface area (Å²) in [6.07, 6.45) is 4.24. The smallest absolute Gasteiger partial charge is 0.237 e. The first-order valence-electron chi connectivity index (χ1n) is 7.59. The van der Waals surface area contributed by atoms with E-state index >= 15 is 0 Å². The fraction of sp³-hybridized carbons (Fsp3) is 0.412. The van der Waals surface area contributed by atoms with Gasteiger partial charge in [-0.25, -0.2) is 0 Å². The Labute approximate surface area is 125 Å². The molecule has 1 aliphatic heterocycles. The summed E-state index contributed by atoms with van der Waals surface area (Å²) in [5.74, 6) is 0.102. The van der Waals surface area contributed by atoms with Crippen molar-refractivity contribution in [1.29, 1.82) is 0 Å². The number of pyridine rings is 1. The summed E-state index contributed by atoms with van der Waals surface area (Å²) in [6, 6.07) is 10.1. The molecule has 4 heteroatoms. The Bertz CT molecular complexity index is 635. The highest BCUT2D eigenvalue weighted by molar-refractivity contribution is 5.82. The first kappa shape index (κ1) is 14.0. The first-order valence-corrected chi connectivity index (χ1v) is 7.59. The summed E-state index contributed by atoms with van der Waals surface area (Å²) in [6.45, 7) is 4.59. The standard InChI is InChI=1S/C17H21N3O/c1-13(20-8-4-5-9-20)17(21)19-12-14-10-15-6-2-3-7-16(15)18-11-14/h2-3,6-7,10-11,13H,4-5,8-9,12H2,1H3,(H,19,21)/t13-/m1/s1. The van der Waals surface area contributed by atoms with E-state index in [1.165, 1.54) is 12.8 Å². The van der Waals surface area contributed by atoms with Crippen molar-refractivity contribution in [3.05, 3.63) is 42.1 Å². The molecule has 1 aromatic carbocycles. The Morgan fingerprint density at radius 2 is 2.10 bits per heavy atom. The van der Waals surface area contributed by atoms with Crippen molar-refractivity contribution >= 4 is 16.8 Å². The predicted molar refractivity (Wildman–Crippen MR) is 83.9 cm³/mol. The summed E-state index contributed by atoms with van der Waals surface area (Å²) in [5, 5.41) is 4.13. The molecule has 1 aromatic heterocycles. The van der Waals surface area contributed by atoms with E-state index in [0.717, 1.165) is 29.6 Å². The van der Waals surface area contributed by atoms with E-state index in [2.05, 4.69) is 21.3 Å². The molecule has 2 aromatic rings. The average molecular weight is 283 g/mol. The zero-order chi connectivity index (χ0) is 14.7. The number of nitrogens with one attached hydrogen (secondary N) is 1. The molecule has 110 valence electrons. The van der Waals surface area contributed by atoms with Gasteiger partial charge in [0.15, 0.2) is 0 Å². The molecule has 0 radical (unpaired) electrons. The number of nitrogens with zero attached hydrogens (tertiary/aromatic N) is 2. The zero-order valence-electron chi connectivity index (χ0n) is 12.4. The summed E-state index contributed by atoms with van der Waals surface area (Å²) in [5.41, 5.74) is 2.02. The van der Waals surface area contributed by atoms with E-state index in [9.17, 15) is 4.79 Å². The van der Waals surface area contributed by atoms with Crippen LogP contribution in [0.25, 0.3) is 10.9 Å². The third kappa shape index (κ3) is 3.22. The number of carbonyl (C=O) groups excluding carboxylic acids is 1. The molecule has 2 heterocycles. The number of rotatable bonds is 4. The highest BCUT2D eigenvalue weighted by Crippen LogP contribution is 2.13. The van der Waals surface area contributed by atoms with Crippen LogP contribution < -0.4 is 5.32 Å². The summed E-state index contributed by atoms with van der Waals surface area (Å²) >= 11 is 0. The van der Waals surface area contributed by atoms with Gasteiger partial charge in [-0.3, -0.25) is 14.7 Å². The molecule has 1 amide bonds. The molecule has 1 fully saturated rings. The number of amides is 1. The maximum Gasteiger partial charge on any atom is 0.237 e. The second kappa shape index (κ2) is 6.22. The molecule has 3 rings (SSSR count). The van der Waals surface area contributed by atoms with Crippen molar-refractivity contribution in [3.8, 4) is 0 Å². The normalized spacial score (nSPS) is 17.0. The molecule has 0 aliphatic carbocycles. The molecule has 21 heavy (non-hydrogen) atoms. The second-order valence-electron chi connectivity index (χ2n) is 5.67. The van der Waals surface area contributed by atoms with Gasteiger partial charge in [0.1, 0.15) is 0 Å². The van der Waals surface area contributed by atoms with Gasteiger partial charge in [0.25, 0.3) is 0 Å². The third-order valence-electron chi connectivity index (χ3n) is 4.18. The molecule has 1 saturated heterocycles. The van der Waals surface area contributed by atoms with E-state index in [1.807, 2.05) is 37.4 Å². The molecule has 4 nitrogen and oxygen atoms in total. The van der Waals surface area contributed by atoms with Gasteiger partial charge in [-0.2, -0.15) is 0 Å². The molecule has 0 bridgehead atoms. The molecule has 0 unspecified atom stereocenters. The molecular formula is C17H21N3O. The fourth-order valence-corrected chi connectivity index (χ4v) is 2.84. The van der Waals surface area contributed by atoms with E-state index in [0.29, 0.717) is 6.54 Å². The van der Waals surface area contributed by atoms with Crippen LogP contribution in [0.15, 0.2) is 36.5 Å². The van der Waals surface area contributed by atoms with Gasteiger partial charge in [0.05, 0.1) is 11.6 Å². The van der Waals surface area contributed by atoms with Gasteiger partial charge in [-0.1, -0.05) is 18.2 Å². The molecule has 1 aliphatic rings. The van der Waals surface area contributed by atoms with Gasteiger partial charge < -0.3 is 5.32 Å². The van der Waals surface area contributed by atoms with Crippen LogP contribution in [0.1, 0.15) is 25.3 Å². The van der Waals surface area contributed by atoms with Gasteiger partial charge in [0.2, 0.25) is 5.91 Å².